The van der Waals surface area contributed by atoms with Crippen molar-refractivity contribution in [3.05, 3.63) is 10.1 Å². The average Bonchev–Trinajstić information content (AvgIpc) is 1.84. The van der Waals surface area contributed by atoms with Gasteiger partial charge in [-0.3, -0.25) is 15.5 Å². The molecule has 1 unspecified atom stereocenters. The van der Waals surface area contributed by atoms with Crippen LogP contribution >= 0.6 is 11.8 Å². The third-order valence-corrected chi connectivity index (χ3v) is 1.70. The maximum absolute atomic E-state index is 9.95. The van der Waals surface area contributed by atoms with Crippen molar-refractivity contribution in [2.75, 3.05) is 6.26 Å². The van der Waals surface area contributed by atoms with Crippen molar-refractivity contribution in [1.29, 1.82) is 5.41 Å². The molecule has 0 fully saturated rings. The fraction of sp³-hybridized carbons (Fsp3) is 0.750. The molecule has 0 aliphatic heterocycles. The van der Waals surface area contributed by atoms with Gasteiger partial charge < -0.3 is 0 Å². The molecule has 4 nitrogen and oxygen atoms in total. The highest BCUT2D eigenvalue weighted by Crippen LogP contribution is 2.02. The molecule has 0 aromatic heterocycles. The largest absolute Gasteiger partial charge is 0.292 e. The Kier molecular flexibility index (Phi) is 3.22. The summed E-state index contributed by atoms with van der Waals surface area (Å²) in [7, 11) is 0. The number of thioether (sulfide) groups is 1. The normalized spacial score (nSPS) is 12.7. The van der Waals surface area contributed by atoms with E-state index in [1.54, 1.807) is 6.26 Å². The quantitative estimate of drug-likeness (QED) is 0.275. The molecule has 52 valence electrons. The highest BCUT2D eigenvalue weighted by Gasteiger charge is 2.17. The Balaban J connectivity index is 3.88. The molecule has 0 spiro atoms. The summed E-state index contributed by atoms with van der Waals surface area (Å²) >= 11 is 1.10. The summed E-state index contributed by atoms with van der Waals surface area (Å²) in [6.45, 7) is 1.40. The molecule has 0 radical (unpaired) electrons. The predicted octanol–water partition coefficient (Wildman–Crippen LogP) is 0.992. The summed E-state index contributed by atoms with van der Waals surface area (Å²) in [4.78, 5) is 9.48. The van der Waals surface area contributed by atoms with E-state index in [4.69, 9.17) is 5.41 Å². The molecule has 5 heteroatoms. The van der Waals surface area contributed by atoms with Crippen LogP contribution < -0.4 is 0 Å². The summed E-state index contributed by atoms with van der Waals surface area (Å²) in [5.74, 6) is 0. The first kappa shape index (κ1) is 8.42. The van der Waals surface area contributed by atoms with E-state index >= 15 is 0 Å². The minimum atomic E-state index is -0.847. The molecule has 1 N–H and O–H groups in total. The summed E-state index contributed by atoms with van der Waals surface area (Å²) in [5.41, 5.74) is 0. The summed E-state index contributed by atoms with van der Waals surface area (Å²) in [5, 5.41) is 17.0. The smallest absolute Gasteiger partial charge is 0.257 e. The average molecular weight is 148 g/mol. The topological polar surface area (TPSA) is 67.0 Å². The highest BCUT2D eigenvalue weighted by molar-refractivity contribution is 8.13. The standard InChI is InChI=1S/C4H8N2O2S/c1-3(6(7)8)4(5)9-2/h3,5H,1-2H3. The third-order valence-electron chi connectivity index (χ3n) is 0.916. The van der Waals surface area contributed by atoms with Crippen LogP contribution in [0.1, 0.15) is 6.92 Å². The van der Waals surface area contributed by atoms with Gasteiger partial charge in [0.15, 0.2) is 0 Å². The van der Waals surface area contributed by atoms with Crippen molar-refractivity contribution in [3.63, 3.8) is 0 Å². The van der Waals surface area contributed by atoms with E-state index < -0.39 is 11.0 Å². The van der Waals surface area contributed by atoms with Crippen molar-refractivity contribution in [2.45, 2.75) is 13.0 Å². The van der Waals surface area contributed by atoms with Gasteiger partial charge in [-0.15, -0.1) is 11.8 Å². The van der Waals surface area contributed by atoms with E-state index in [0.717, 1.165) is 11.8 Å². The first-order valence-corrected chi connectivity index (χ1v) is 3.58. The van der Waals surface area contributed by atoms with Gasteiger partial charge >= 0.3 is 0 Å². The second-order valence-corrected chi connectivity index (χ2v) is 2.38. The Hall–Kier alpha value is -0.580. The second-order valence-electron chi connectivity index (χ2n) is 1.53. The molecule has 0 aromatic rings. The lowest BCUT2D eigenvalue weighted by Gasteiger charge is -2.00. The monoisotopic (exact) mass is 148 g/mol. The number of rotatable bonds is 2. The molecule has 9 heavy (non-hydrogen) atoms. The van der Waals surface area contributed by atoms with E-state index in [1.165, 1.54) is 6.92 Å². The number of nitrogens with one attached hydrogen (secondary N) is 1. The Morgan fingerprint density at radius 3 is 2.44 bits per heavy atom. The summed E-state index contributed by atoms with van der Waals surface area (Å²) < 4.78 is 0. The van der Waals surface area contributed by atoms with Crippen molar-refractivity contribution in [3.8, 4) is 0 Å². The summed E-state index contributed by atoms with van der Waals surface area (Å²) in [6.07, 6.45) is 1.66. The van der Waals surface area contributed by atoms with Crippen molar-refractivity contribution >= 4 is 16.8 Å². The van der Waals surface area contributed by atoms with Gasteiger partial charge in [0.2, 0.25) is 0 Å². The molecule has 1 atom stereocenters. The van der Waals surface area contributed by atoms with Gasteiger partial charge in [-0.25, -0.2) is 0 Å². The summed E-state index contributed by atoms with van der Waals surface area (Å²) in [6, 6.07) is -0.847. The predicted molar refractivity (Wildman–Crippen MR) is 37.7 cm³/mol. The maximum Gasteiger partial charge on any atom is 0.257 e. The Morgan fingerprint density at radius 2 is 2.33 bits per heavy atom. The van der Waals surface area contributed by atoms with E-state index in [2.05, 4.69) is 0 Å². The van der Waals surface area contributed by atoms with E-state index in [9.17, 15) is 10.1 Å². The maximum atomic E-state index is 9.95. The van der Waals surface area contributed by atoms with Crippen LogP contribution in [0.2, 0.25) is 0 Å². The molecule has 0 saturated heterocycles. The minimum Gasteiger partial charge on any atom is -0.292 e. The lowest BCUT2D eigenvalue weighted by molar-refractivity contribution is -0.497. The lowest BCUT2D eigenvalue weighted by Crippen LogP contribution is -2.22. The molecule has 0 aliphatic rings. The molecule has 0 aromatic carbocycles. The van der Waals surface area contributed by atoms with Crippen LogP contribution in [0.5, 0.6) is 0 Å². The number of nitrogens with zero attached hydrogens (tertiary/aromatic N) is 1. The van der Waals surface area contributed by atoms with Crippen molar-refractivity contribution in [2.24, 2.45) is 0 Å². The van der Waals surface area contributed by atoms with E-state index in [1.807, 2.05) is 0 Å². The molecule has 0 bridgehead atoms. The van der Waals surface area contributed by atoms with Gasteiger partial charge in [0, 0.05) is 11.8 Å². The Morgan fingerprint density at radius 1 is 1.89 bits per heavy atom. The van der Waals surface area contributed by atoms with Crippen LogP contribution in [0, 0.1) is 15.5 Å². The number of nitro groups is 1. The van der Waals surface area contributed by atoms with Crippen molar-refractivity contribution < 1.29 is 4.92 Å². The first-order valence-electron chi connectivity index (χ1n) is 2.35. The van der Waals surface area contributed by atoms with Crippen LogP contribution in [-0.2, 0) is 0 Å². The third kappa shape index (κ3) is 2.46. The van der Waals surface area contributed by atoms with Gasteiger partial charge in [0.25, 0.3) is 6.04 Å². The minimum absolute atomic E-state index is 0.0972. The SMILES string of the molecule is CSC(=N)C(C)[N+](=O)[O-]. The Bertz CT molecular complexity index is 137. The van der Waals surface area contributed by atoms with Gasteiger partial charge in [0.05, 0.1) is 0 Å². The van der Waals surface area contributed by atoms with Gasteiger partial charge in [-0.05, 0) is 6.26 Å². The zero-order valence-electron chi connectivity index (χ0n) is 5.25. The van der Waals surface area contributed by atoms with Gasteiger partial charge in [-0.1, -0.05) is 0 Å². The van der Waals surface area contributed by atoms with Gasteiger partial charge in [-0.2, -0.15) is 0 Å². The molecule has 0 saturated carbocycles. The van der Waals surface area contributed by atoms with Crippen molar-refractivity contribution in [1.82, 2.24) is 0 Å². The van der Waals surface area contributed by atoms with Gasteiger partial charge in [0.1, 0.15) is 5.04 Å². The molecular formula is C4H8N2O2S. The number of hydrogen-bond acceptors (Lipinski definition) is 4. The molecule has 0 rings (SSSR count). The van der Waals surface area contributed by atoms with E-state index in [-0.39, 0.29) is 5.04 Å². The molecule has 0 heterocycles. The van der Waals surface area contributed by atoms with Crippen LogP contribution in [0.25, 0.3) is 0 Å². The highest BCUT2D eigenvalue weighted by atomic mass is 32.2. The van der Waals surface area contributed by atoms with Crippen LogP contribution in [0.3, 0.4) is 0 Å². The fourth-order valence-corrected chi connectivity index (χ4v) is 0.693. The molecular weight excluding hydrogens is 140 g/mol. The second kappa shape index (κ2) is 3.45. The van der Waals surface area contributed by atoms with Crippen LogP contribution in [0.15, 0.2) is 0 Å². The molecule has 0 amide bonds. The first-order chi connectivity index (χ1) is 4.09. The zero-order valence-corrected chi connectivity index (χ0v) is 6.07. The van der Waals surface area contributed by atoms with Crippen LogP contribution in [0.4, 0.5) is 0 Å². The number of hydrogen-bond donors (Lipinski definition) is 1. The van der Waals surface area contributed by atoms with Crippen LogP contribution in [-0.4, -0.2) is 22.3 Å². The Labute approximate surface area is 57.3 Å². The zero-order chi connectivity index (χ0) is 7.44. The van der Waals surface area contributed by atoms with E-state index in [0.29, 0.717) is 0 Å². The lowest BCUT2D eigenvalue weighted by atomic mass is 10.4. The fourth-order valence-electron chi connectivity index (χ4n) is 0.266. The molecule has 0 aliphatic carbocycles.